The third kappa shape index (κ3) is 3.88. The molecule has 1 aliphatic heterocycles. The van der Waals surface area contributed by atoms with E-state index in [1.165, 1.54) is 0 Å². The van der Waals surface area contributed by atoms with Crippen LogP contribution in [0.4, 0.5) is 32.2 Å². The number of nitrogens with zero attached hydrogens (tertiary/aromatic N) is 4. The fraction of sp³-hybridized carbons (Fsp3) is 0.412. The van der Waals surface area contributed by atoms with Gasteiger partial charge in [0.05, 0.1) is 11.3 Å². The molecule has 1 aliphatic rings. The van der Waals surface area contributed by atoms with Gasteiger partial charge in [0.15, 0.2) is 5.82 Å². The molecule has 0 bridgehead atoms. The number of benzene rings is 1. The molecule has 1 fully saturated rings. The minimum absolute atomic E-state index is 0.0457. The van der Waals surface area contributed by atoms with Gasteiger partial charge in [-0.05, 0) is 37.6 Å². The van der Waals surface area contributed by atoms with Crippen molar-refractivity contribution in [3.8, 4) is 11.3 Å². The van der Waals surface area contributed by atoms with Gasteiger partial charge >= 0.3 is 12.4 Å². The molecule has 3 aromatic rings. The van der Waals surface area contributed by atoms with E-state index in [0.29, 0.717) is 13.0 Å². The standard InChI is InChI=1S/C17H15F6N7/c18-16(19,20)10-4-3-9(13-14(10)28-30-27-13)12-6-11(17(21,22)23)15(29-26-12)25-8-2-1-5-24-7-8/h3-4,6,8,24H,1-2,5,7H2,(H,25,29)(H,27,28,30). The molecule has 30 heavy (non-hydrogen) atoms. The van der Waals surface area contributed by atoms with E-state index in [4.69, 9.17) is 0 Å². The van der Waals surface area contributed by atoms with E-state index < -0.39 is 34.8 Å². The molecule has 7 nitrogen and oxygen atoms in total. The van der Waals surface area contributed by atoms with Gasteiger partial charge in [-0.3, -0.25) is 0 Å². The predicted molar refractivity (Wildman–Crippen MR) is 94.4 cm³/mol. The molecule has 1 atom stereocenters. The normalized spacial score (nSPS) is 18.0. The van der Waals surface area contributed by atoms with Crippen molar-refractivity contribution >= 4 is 16.9 Å². The van der Waals surface area contributed by atoms with Crippen LogP contribution in [-0.2, 0) is 12.4 Å². The summed E-state index contributed by atoms with van der Waals surface area (Å²) in [6.45, 7) is 1.27. The summed E-state index contributed by atoms with van der Waals surface area (Å²) in [6.07, 6.45) is -7.96. The number of rotatable bonds is 3. The third-order valence-electron chi connectivity index (χ3n) is 4.79. The second-order valence-electron chi connectivity index (χ2n) is 6.86. The minimum atomic E-state index is -4.75. The lowest BCUT2D eigenvalue weighted by Gasteiger charge is -2.25. The van der Waals surface area contributed by atoms with Crippen LogP contribution >= 0.6 is 0 Å². The Morgan fingerprint density at radius 2 is 1.67 bits per heavy atom. The summed E-state index contributed by atoms with van der Waals surface area (Å²) in [5.74, 6) is -0.428. The minimum Gasteiger partial charge on any atom is -0.364 e. The van der Waals surface area contributed by atoms with Crippen LogP contribution in [-0.4, -0.2) is 44.7 Å². The van der Waals surface area contributed by atoms with Gasteiger partial charge < -0.3 is 10.6 Å². The summed E-state index contributed by atoms with van der Waals surface area (Å²) < 4.78 is 80.5. The van der Waals surface area contributed by atoms with Crippen LogP contribution < -0.4 is 10.6 Å². The van der Waals surface area contributed by atoms with Gasteiger partial charge in [-0.25, -0.2) is 0 Å². The molecule has 4 rings (SSSR count). The number of nitrogens with one attached hydrogen (secondary N) is 3. The smallest absolute Gasteiger partial charge is 0.364 e. The Morgan fingerprint density at radius 1 is 0.933 bits per heavy atom. The molecule has 0 radical (unpaired) electrons. The van der Waals surface area contributed by atoms with Crippen LogP contribution in [0.25, 0.3) is 22.3 Å². The maximum Gasteiger partial charge on any atom is 0.420 e. The van der Waals surface area contributed by atoms with Gasteiger partial charge in [0.25, 0.3) is 0 Å². The van der Waals surface area contributed by atoms with Crippen molar-refractivity contribution < 1.29 is 26.3 Å². The molecule has 160 valence electrons. The lowest BCUT2D eigenvalue weighted by atomic mass is 10.0. The zero-order chi connectivity index (χ0) is 21.5. The molecule has 1 saturated heterocycles. The number of hydrogen-bond donors (Lipinski definition) is 3. The highest BCUT2D eigenvalue weighted by atomic mass is 19.4. The molecule has 0 amide bonds. The molecular weight excluding hydrogens is 416 g/mol. The van der Waals surface area contributed by atoms with Crippen molar-refractivity contribution in [2.75, 3.05) is 18.4 Å². The maximum atomic E-state index is 13.7. The van der Waals surface area contributed by atoms with Gasteiger partial charge in [-0.2, -0.15) is 41.8 Å². The Balaban J connectivity index is 1.78. The molecule has 1 unspecified atom stereocenters. The summed E-state index contributed by atoms with van der Waals surface area (Å²) in [7, 11) is 0. The number of aromatic nitrogens is 5. The third-order valence-corrected chi connectivity index (χ3v) is 4.79. The second kappa shape index (κ2) is 7.38. The summed E-state index contributed by atoms with van der Waals surface area (Å²) in [6, 6.07) is 2.25. The van der Waals surface area contributed by atoms with E-state index in [1.807, 2.05) is 0 Å². The lowest BCUT2D eigenvalue weighted by Crippen LogP contribution is -2.39. The predicted octanol–water partition coefficient (Wildman–Crippen LogP) is 3.62. The second-order valence-corrected chi connectivity index (χ2v) is 6.86. The SMILES string of the molecule is FC(F)(F)c1cc(-c2ccc(C(F)(F)F)c3n[nH]nc23)nnc1NC1CCCNC1. The molecular formula is C17H15F6N7. The van der Waals surface area contributed by atoms with Crippen LogP contribution in [0, 0.1) is 0 Å². The topological polar surface area (TPSA) is 91.4 Å². The Labute approximate surface area is 165 Å². The molecule has 13 heteroatoms. The summed E-state index contributed by atoms with van der Waals surface area (Å²) >= 11 is 0. The number of hydrogen-bond acceptors (Lipinski definition) is 6. The van der Waals surface area contributed by atoms with Crippen LogP contribution in [0.5, 0.6) is 0 Å². The quantitative estimate of drug-likeness (QED) is 0.549. The van der Waals surface area contributed by atoms with Crippen LogP contribution in [0.2, 0.25) is 0 Å². The van der Waals surface area contributed by atoms with E-state index in [2.05, 4.69) is 36.2 Å². The monoisotopic (exact) mass is 431 g/mol. The molecule has 0 aliphatic carbocycles. The van der Waals surface area contributed by atoms with E-state index in [0.717, 1.165) is 31.2 Å². The van der Waals surface area contributed by atoms with Crippen LogP contribution in [0.3, 0.4) is 0 Å². The molecule has 2 aromatic heterocycles. The van der Waals surface area contributed by atoms with E-state index in [-0.39, 0.29) is 22.8 Å². The summed E-state index contributed by atoms with van der Waals surface area (Å²) in [4.78, 5) is 0. The summed E-state index contributed by atoms with van der Waals surface area (Å²) in [5.41, 5.74) is -3.18. The van der Waals surface area contributed by atoms with Gasteiger partial charge in [0, 0.05) is 18.2 Å². The summed E-state index contributed by atoms with van der Waals surface area (Å²) in [5, 5.41) is 22.6. The van der Waals surface area contributed by atoms with Crippen molar-refractivity contribution in [3.63, 3.8) is 0 Å². The van der Waals surface area contributed by atoms with Crippen LogP contribution in [0.15, 0.2) is 18.2 Å². The van der Waals surface area contributed by atoms with Crippen molar-refractivity contribution in [1.29, 1.82) is 0 Å². The molecule has 3 heterocycles. The molecule has 0 spiro atoms. The van der Waals surface area contributed by atoms with E-state index >= 15 is 0 Å². The Kier molecular flexibility index (Phi) is 5.00. The zero-order valence-corrected chi connectivity index (χ0v) is 15.2. The lowest BCUT2D eigenvalue weighted by molar-refractivity contribution is -0.137. The highest BCUT2D eigenvalue weighted by molar-refractivity contribution is 5.92. The number of halogens is 6. The zero-order valence-electron chi connectivity index (χ0n) is 15.2. The highest BCUT2D eigenvalue weighted by Crippen LogP contribution is 2.39. The highest BCUT2D eigenvalue weighted by Gasteiger charge is 2.37. The van der Waals surface area contributed by atoms with E-state index in [1.54, 1.807) is 0 Å². The van der Waals surface area contributed by atoms with Crippen molar-refractivity contribution in [2.24, 2.45) is 0 Å². The van der Waals surface area contributed by atoms with E-state index in [9.17, 15) is 26.3 Å². The van der Waals surface area contributed by atoms with Gasteiger partial charge in [-0.15, -0.1) is 10.2 Å². The Hall–Kier alpha value is -2.96. The van der Waals surface area contributed by atoms with Gasteiger partial charge in [-0.1, -0.05) is 0 Å². The maximum absolute atomic E-state index is 13.7. The fourth-order valence-electron chi connectivity index (χ4n) is 3.38. The van der Waals surface area contributed by atoms with Gasteiger partial charge in [0.2, 0.25) is 0 Å². The number of aromatic amines is 1. The van der Waals surface area contributed by atoms with Gasteiger partial charge in [0.1, 0.15) is 16.6 Å². The van der Waals surface area contributed by atoms with Crippen LogP contribution in [0.1, 0.15) is 24.0 Å². The first-order valence-corrected chi connectivity index (χ1v) is 8.98. The van der Waals surface area contributed by atoms with Crippen molar-refractivity contribution in [3.05, 3.63) is 29.3 Å². The van der Waals surface area contributed by atoms with Crippen molar-refractivity contribution in [1.82, 2.24) is 30.9 Å². The Morgan fingerprint density at radius 3 is 2.33 bits per heavy atom. The molecule has 0 saturated carbocycles. The number of piperidine rings is 1. The fourth-order valence-corrected chi connectivity index (χ4v) is 3.38. The van der Waals surface area contributed by atoms with Crippen molar-refractivity contribution in [2.45, 2.75) is 31.2 Å². The number of alkyl halides is 6. The average molecular weight is 431 g/mol. The number of fused-ring (bicyclic) bond motifs is 1. The first-order valence-electron chi connectivity index (χ1n) is 8.98. The first-order chi connectivity index (χ1) is 14.1. The molecule has 1 aromatic carbocycles. The largest absolute Gasteiger partial charge is 0.420 e. The first kappa shape index (κ1) is 20.3. The average Bonchev–Trinajstić information content (AvgIpc) is 3.16. The molecule has 3 N–H and O–H groups in total. The number of H-pyrrole nitrogens is 1. The number of anilines is 1. The Bertz CT molecular complexity index is 1050.